The maximum Gasteiger partial charge on any atom is 0.316 e. The molecule has 1 saturated heterocycles. The fraction of sp³-hybridized carbons (Fsp3) is 0.421. The highest BCUT2D eigenvalue weighted by Gasteiger charge is 2.25. The Morgan fingerprint density at radius 3 is 2.76 bits per heavy atom. The molecule has 0 radical (unpaired) electrons. The molecule has 1 amide bonds. The van der Waals surface area contributed by atoms with Crippen molar-refractivity contribution in [1.82, 2.24) is 14.9 Å². The van der Waals surface area contributed by atoms with Crippen LogP contribution in [0, 0.1) is 5.82 Å². The van der Waals surface area contributed by atoms with E-state index in [0.29, 0.717) is 13.0 Å². The van der Waals surface area contributed by atoms with E-state index in [1.54, 1.807) is 0 Å². The van der Waals surface area contributed by atoms with E-state index in [2.05, 4.69) is 22.1 Å². The lowest BCUT2D eigenvalue weighted by molar-refractivity contribution is -0.134. The number of halogens is 1. The molecule has 5 nitrogen and oxygen atoms in total. The molecule has 1 aromatic carbocycles. The highest BCUT2D eigenvalue weighted by atomic mass is 19.1. The lowest BCUT2D eigenvalue weighted by atomic mass is 10.1. The van der Waals surface area contributed by atoms with E-state index in [1.165, 1.54) is 5.56 Å². The van der Waals surface area contributed by atoms with E-state index in [9.17, 15) is 9.18 Å². The molecule has 2 aromatic rings. The lowest BCUT2D eigenvalue weighted by Gasteiger charge is -2.32. The first-order valence-corrected chi connectivity index (χ1v) is 8.66. The van der Waals surface area contributed by atoms with E-state index in [-0.39, 0.29) is 18.0 Å². The molecule has 0 aliphatic carbocycles. The van der Waals surface area contributed by atoms with E-state index in [0.717, 1.165) is 44.6 Å². The molecule has 0 N–H and O–H groups in total. The van der Waals surface area contributed by atoms with Crippen LogP contribution in [0.5, 0.6) is 6.01 Å². The number of carbonyl (C=O) groups is 1. The molecule has 0 bridgehead atoms. The Hall–Kier alpha value is -2.50. The molecule has 6 heteroatoms. The average Bonchev–Trinajstić information content (AvgIpc) is 2.65. The number of ether oxygens (including phenoxy) is 1. The van der Waals surface area contributed by atoms with Crippen LogP contribution in [0.2, 0.25) is 0 Å². The van der Waals surface area contributed by atoms with Gasteiger partial charge in [0.1, 0.15) is 6.10 Å². The zero-order chi connectivity index (χ0) is 17.5. The molecule has 3 rings (SSSR count). The number of aryl methyl sites for hydroxylation is 1. The van der Waals surface area contributed by atoms with Crippen LogP contribution < -0.4 is 4.74 Å². The second kappa shape index (κ2) is 8.55. The third-order valence-electron chi connectivity index (χ3n) is 4.30. The number of amides is 1. The summed E-state index contributed by atoms with van der Waals surface area (Å²) in [5.74, 6) is -0.338. The summed E-state index contributed by atoms with van der Waals surface area (Å²) in [6.07, 6.45) is 6.03. The van der Waals surface area contributed by atoms with Gasteiger partial charge in [0.05, 0.1) is 18.9 Å². The van der Waals surface area contributed by atoms with Gasteiger partial charge in [0.25, 0.3) is 0 Å². The quantitative estimate of drug-likeness (QED) is 0.809. The largest absolute Gasteiger partial charge is 0.458 e. The molecule has 1 aromatic heterocycles. The van der Waals surface area contributed by atoms with Crippen molar-refractivity contribution in [2.75, 3.05) is 13.1 Å². The van der Waals surface area contributed by atoms with Gasteiger partial charge in [-0.05, 0) is 31.2 Å². The van der Waals surface area contributed by atoms with Crippen molar-refractivity contribution in [3.8, 4) is 6.01 Å². The number of hydrogen-bond donors (Lipinski definition) is 0. The van der Waals surface area contributed by atoms with Crippen molar-refractivity contribution >= 4 is 5.91 Å². The van der Waals surface area contributed by atoms with Gasteiger partial charge < -0.3 is 9.64 Å². The number of rotatable bonds is 6. The molecule has 1 atom stereocenters. The topological polar surface area (TPSA) is 55.3 Å². The number of likely N-dealkylation sites (tertiary alicyclic amines) is 1. The fourth-order valence-electron chi connectivity index (χ4n) is 3.02. The number of aromatic nitrogens is 2. The second-order valence-corrected chi connectivity index (χ2v) is 6.24. The van der Waals surface area contributed by atoms with Crippen LogP contribution >= 0.6 is 0 Å². The summed E-state index contributed by atoms with van der Waals surface area (Å²) in [5.41, 5.74) is 1.25. The van der Waals surface area contributed by atoms with Gasteiger partial charge in [-0.1, -0.05) is 30.3 Å². The van der Waals surface area contributed by atoms with Crippen LogP contribution in [0.1, 0.15) is 31.2 Å². The smallest absolute Gasteiger partial charge is 0.316 e. The lowest BCUT2D eigenvalue weighted by Crippen LogP contribution is -2.44. The number of benzene rings is 1. The van der Waals surface area contributed by atoms with Crippen LogP contribution in [0.3, 0.4) is 0 Å². The van der Waals surface area contributed by atoms with Crippen LogP contribution in [0.25, 0.3) is 0 Å². The first kappa shape index (κ1) is 17.3. The van der Waals surface area contributed by atoms with Crippen molar-refractivity contribution in [3.05, 3.63) is 54.1 Å². The molecule has 25 heavy (non-hydrogen) atoms. The Morgan fingerprint density at radius 2 is 2.00 bits per heavy atom. The Bertz CT molecular complexity index is 679. The maximum atomic E-state index is 12.8. The van der Waals surface area contributed by atoms with Crippen LogP contribution in [0.4, 0.5) is 4.39 Å². The van der Waals surface area contributed by atoms with Crippen molar-refractivity contribution in [2.45, 2.75) is 38.2 Å². The van der Waals surface area contributed by atoms with Crippen LogP contribution in [-0.2, 0) is 11.2 Å². The molecular weight excluding hydrogens is 321 g/mol. The van der Waals surface area contributed by atoms with E-state index in [4.69, 9.17) is 4.74 Å². The predicted molar refractivity (Wildman–Crippen MR) is 91.6 cm³/mol. The summed E-state index contributed by atoms with van der Waals surface area (Å²) in [5, 5.41) is 0. The minimum atomic E-state index is -0.494. The van der Waals surface area contributed by atoms with E-state index in [1.807, 2.05) is 23.1 Å². The summed E-state index contributed by atoms with van der Waals surface area (Å²) in [6, 6.07) is 10.3. The van der Waals surface area contributed by atoms with Crippen LogP contribution in [0.15, 0.2) is 42.7 Å². The third-order valence-corrected chi connectivity index (χ3v) is 4.30. The molecule has 2 heterocycles. The molecule has 1 fully saturated rings. The van der Waals surface area contributed by atoms with Crippen molar-refractivity contribution in [1.29, 1.82) is 0 Å². The number of carbonyl (C=O) groups excluding carboxylic acids is 1. The minimum Gasteiger partial charge on any atom is -0.458 e. The maximum absolute atomic E-state index is 12.8. The van der Waals surface area contributed by atoms with Gasteiger partial charge in [0, 0.05) is 13.0 Å². The minimum absolute atomic E-state index is 0.141. The SMILES string of the molecule is O=C(CCCc1ccccc1)N1CCCC(Oc2ncc(F)cn2)C1. The first-order valence-electron chi connectivity index (χ1n) is 8.66. The van der Waals surface area contributed by atoms with Gasteiger partial charge in [-0.3, -0.25) is 4.79 Å². The molecule has 1 aliphatic rings. The summed E-state index contributed by atoms with van der Waals surface area (Å²) in [6.45, 7) is 1.29. The number of piperidine rings is 1. The van der Waals surface area contributed by atoms with Gasteiger partial charge >= 0.3 is 6.01 Å². The fourth-order valence-corrected chi connectivity index (χ4v) is 3.02. The van der Waals surface area contributed by atoms with Gasteiger partial charge in [-0.25, -0.2) is 14.4 Å². The molecule has 132 valence electrons. The van der Waals surface area contributed by atoms with Gasteiger partial charge in [-0.15, -0.1) is 0 Å². The average molecular weight is 343 g/mol. The summed E-state index contributed by atoms with van der Waals surface area (Å²) in [7, 11) is 0. The normalized spacial score (nSPS) is 17.3. The molecule has 1 unspecified atom stereocenters. The Labute approximate surface area is 146 Å². The predicted octanol–water partition coefficient (Wildman–Crippen LogP) is 3.01. The summed E-state index contributed by atoms with van der Waals surface area (Å²) >= 11 is 0. The molecular formula is C19H22FN3O2. The Kier molecular flexibility index (Phi) is 5.93. The summed E-state index contributed by atoms with van der Waals surface area (Å²) in [4.78, 5) is 21.9. The van der Waals surface area contributed by atoms with Crippen LogP contribution in [-0.4, -0.2) is 40.0 Å². The number of nitrogens with zero attached hydrogens (tertiary/aromatic N) is 3. The Morgan fingerprint density at radius 1 is 1.24 bits per heavy atom. The van der Waals surface area contributed by atoms with Gasteiger partial charge in [0.2, 0.25) is 5.91 Å². The third kappa shape index (κ3) is 5.24. The molecule has 0 saturated carbocycles. The highest BCUT2D eigenvalue weighted by Crippen LogP contribution is 2.17. The monoisotopic (exact) mass is 343 g/mol. The zero-order valence-electron chi connectivity index (χ0n) is 14.1. The van der Waals surface area contributed by atoms with Crippen molar-refractivity contribution in [2.24, 2.45) is 0 Å². The first-order chi connectivity index (χ1) is 12.2. The van der Waals surface area contributed by atoms with Gasteiger partial charge in [-0.2, -0.15) is 0 Å². The summed E-state index contributed by atoms with van der Waals surface area (Å²) < 4.78 is 18.5. The van der Waals surface area contributed by atoms with Crippen molar-refractivity contribution < 1.29 is 13.9 Å². The second-order valence-electron chi connectivity index (χ2n) is 6.24. The molecule has 1 aliphatic heterocycles. The highest BCUT2D eigenvalue weighted by molar-refractivity contribution is 5.76. The number of hydrogen-bond acceptors (Lipinski definition) is 4. The van der Waals surface area contributed by atoms with Crippen molar-refractivity contribution in [3.63, 3.8) is 0 Å². The standard InChI is InChI=1S/C19H22FN3O2/c20-16-12-21-19(22-13-16)25-17-9-5-11-23(14-17)18(24)10-4-8-15-6-2-1-3-7-15/h1-3,6-7,12-13,17H,4-5,8-11,14H2. The van der Waals surface area contributed by atoms with E-state index < -0.39 is 5.82 Å². The Balaban J connectivity index is 1.45. The zero-order valence-corrected chi connectivity index (χ0v) is 14.1. The van der Waals surface area contributed by atoms with E-state index >= 15 is 0 Å². The van der Waals surface area contributed by atoms with Gasteiger partial charge in [0.15, 0.2) is 5.82 Å². The molecule has 0 spiro atoms.